The molecule has 2 rings (SSSR count). The maximum atomic E-state index is 12.0. The van der Waals surface area contributed by atoms with Crippen LogP contribution in [0.3, 0.4) is 0 Å². The van der Waals surface area contributed by atoms with Crippen molar-refractivity contribution >= 4 is 17.0 Å². The summed E-state index contributed by atoms with van der Waals surface area (Å²) in [6.07, 6.45) is 1.06. The normalized spacial score (nSPS) is 13.0. The first kappa shape index (κ1) is 15.3. The smallest absolute Gasteiger partial charge is 0.335 e. The lowest BCUT2D eigenvalue weighted by Crippen LogP contribution is -2.33. The van der Waals surface area contributed by atoms with Crippen molar-refractivity contribution in [3.05, 3.63) is 34.2 Å². The van der Waals surface area contributed by atoms with Crippen LogP contribution in [0.15, 0.2) is 23.0 Å². The Bertz CT molecular complexity index is 702. The molecule has 1 heterocycles. The van der Waals surface area contributed by atoms with Gasteiger partial charge >= 0.3 is 11.7 Å². The van der Waals surface area contributed by atoms with Crippen LogP contribution >= 0.6 is 0 Å². The third-order valence-electron chi connectivity index (χ3n) is 4.04. The summed E-state index contributed by atoms with van der Waals surface area (Å²) in [7, 11) is 2.04. The minimum atomic E-state index is -0.998. The SMILES string of the molecule is CCC(C)N(C)CCn1c(=O)[nH]c2cc(C(=O)O)ccc21. The second kappa shape index (κ2) is 6.13. The van der Waals surface area contributed by atoms with Gasteiger partial charge in [-0.05, 0) is 38.6 Å². The lowest BCUT2D eigenvalue weighted by Gasteiger charge is -2.23. The van der Waals surface area contributed by atoms with Crippen molar-refractivity contribution in [1.82, 2.24) is 14.5 Å². The number of nitrogens with zero attached hydrogens (tertiary/aromatic N) is 2. The van der Waals surface area contributed by atoms with Gasteiger partial charge in [-0.3, -0.25) is 4.57 Å². The molecule has 1 aromatic heterocycles. The van der Waals surface area contributed by atoms with Gasteiger partial charge in [0.1, 0.15) is 0 Å². The van der Waals surface area contributed by atoms with E-state index in [0.717, 1.165) is 18.5 Å². The van der Waals surface area contributed by atoms with E-state index in [-0.39, 0.29) is 11.3 Å². The van der Waals surface area contributed by atoms with Crippen molar-refractivity contribution < 1.29 is 9.90 Å². The van der Waals surface area contributed by atoms with Crippen LogP contribution in [0, 0.1) is 0 Å². The summed E-state index contributed by atoms with van der Waals surface area (Å²) in [5.74, 6) is -0.998. The fourth-order valence-electron chi connectivity index (χ4n) is 2.31. The summed E-state index contributed by atoms with van der Waals surface area (Å²) in [6, 6.07) is 5.16. The lowest BCUT2D eigenvalue weighted by molar-refractivity contribution is 0.0697. The highest BCUT2D eigenvalue weighted by Crippen LogP contribution is 2.13. The largest absolute Gasteiger partial charge is 0.478 e. The zero-order chi connectivity index (χ0) is 15.6. The van der Waals surface area contributed by atoms with Gasteiger partial charge in [-0.2, -0.15) is 0 Å². The third-order valence-corrected chi connectivity index (χ3v) is 4.04. The number of aromatic carboxylic acids is 1. The Morgan fingerprint density at radius 3 is 2.81 bits per heavy atom. The highest BCUT2D eigenvalue weighted by Gasteiger charge is 2.12. The second-order valence-corrected chi connectivity index (χ2v) is 5.36. The molecule has 2 N–H and O–H groups in total. The van der Waals surface area contributed by atoms with Crippen molar-refractivity contribution in [2.24, 2.45) is 0 Å². The van der Waals surface area contributed by atoms with Crippen LogP contribution in [0.5, 0.6) is 0 Å². The van der Waals surface area contributed by atoms with Gasteiger partial charge in [-0.15, -0.1) is 0 Å². The molecule has 21 heavy (non-hydrogen) atoms. The molecule has 0 spiro atoms. The van der Waals surface area contributed by atoms with Gasteiger partial charge in [0.25, 0.3) is 0 Å². The van der Waals surface area contributed by atoms with Gasteiger partial charge in [0, 0.05) is 19.1 Å². The number of likely N-dealkylation sites (N-methyl/N-ethyl adjacent to an activating group) is 1. The number of hydrogen-bond acceptors (Lipinski definition) is 3. The van der Waals surface area contributed by atoms with Crippen LogP contribution in [0.25, 0.3) is 11.0 Å². The molecule has 0 amide bonds. The van der Waals surface area contributed by atoms with Crippen molar-refractivity contribution in [3.8, 4) is 0 Å². The van der Waals surface area contributed by atoms with E-state index in [1.165, 1.54) is 12.1 Å². The van der Waals surface area contributed by atoms with Crippen LogP contribution < -0.4 is 5.69 Å². The van der Waals surface area contributed by atoms with Gasteiger partial charge in [-0.25, -0.2) is 9.59 Å². The molecule has 2 aromatic rings. The zero-order valence-corrected chi connectivity index (χ0v) is 12.6. The minimum absolute atomic E-state index is 0.174. The van der Waals surface area contributed by atoms with E-state index < -0.39 is 5.97 Å². The molecule has 0 fully saturated rings. The molecule has 6 heteroatoms. The van der Waals surface area contributed by atoms with Gasteiger partial charge in [-0.1, -0.05) is 6.92 Å². The third kappa shape index (κ3) is 3.16. The maximum absolute atomic E-state index is 12.0. The van der Waals surface area contributed by atoms with Crippen molar-refractivity contribution in [3.63, 3.8) is 0 Å². The predicted octanol–water partition coefficient (Wildman–Crippen LogP) is 1.76. The summed E-state index contributed by atoms with van der Waals surface area (Å²) in [5, 5.41) is 8.98. The van der Waals surface area contributed by atoms with Crippen LogP contribution in [0.2, 0.25) is 0 Å². The first-order valence-electron chi connectivity index (χ1n) is 7.10. The van der Waals surface area contributed by atoms with Gasteiger partial charge in [0.15, 0.2) is 0 Å². The number of H-pyrrole nitrogens is 1. The monoisotopic (exact) mass is 291 g/mol. The number of carboxylic acids is 1. The van der Waals surface area contributed by atoms with Crippen molar-refractivity contribution in [1.29, 1.82) is 0 Å². The number of nitrogens with one attached hydrogen (secondary N) is 1. The van der Waals surface area contributed by atoms with E-state index in [4.69, 9.17) is 5.11 Å². The van der Waals surface area contributed by atoms with Gasteiger partial charge < -0.3 is 15.0 Å². The van der Waals surface area contributed by atoms with E-state index in [1.54, 1.807) is 10.6 Å². The molecule has 1 atom stereocenters. The second-order valence-electron chi connectivity index (χ2n) is 5.36. The summed E-state index contributed by atoms with van der Waals surface area (Å²) in [6.45, 7) is 5.62. The molecule has 0 saturated heterocycles. The Morgan fingerprint density at radius 1 is 1.48 bits per heavy atom. The zero-order valence-electron chi connectivity index (χ0n) is 12.6. The Hall–Kier alpha value is -2.08. The van der Waals surface area contributed by atoms with Gasteiger partial charge in [0.2, 0.25) is 0 Å². The van der Waals surface area contributed by atoms with Crippen LogP contribution in [-0.4, -0.2) is 45.2 Å². The molecule has 0 aliphatic carbocycles. The summed E-state index contributed by atoms with van der Waals surface area (Å²) in [5.41, 5.74) is 1.27. The van der Waals surface area contributed by atoms with Gasteiger partial charge in [0.05, 0.1) is 16.6 Å². The first-order chi connectivity index (χ1) is 9.93. The van der Waals surface area contributed by atoms with E-state index >= 15 is 0 Å². The molecular weight excluding hydrogens is 270 g/mol. The molecule has 114 valence electrons. The number of fused-ring (bicyclic) bond motifs is 1. The fraction of sp³-hybridized carbons (Fsp3) is 0.467. The topological polar surface area (TPSA) is 78.3 Å². The number of aromatic nitrogens is 2. The number of carbonyl (C=O) groups is 1. The summed E-state index contributed by atoms with van der Waals surface area (Å²) >= 11 is 0. The number of hydrogen-bond donors (Lipinski definition) is 2. The molecule has 1 unspecified atom stereocenters. The molecule has 0 radical (unpaired) electrons. The molecular formula is C15H21N3O3. The van der Waals surface area contributed by atoms with Crippen molar-refractivity contribution in [2.75, 3.05) is 13.6 Å². The van der Waals surface area contributed by atoms with E-state index in [1.807, 2.05) is 7.05 Å². The van der Waals surface area contributed by atoms with E-state index in [0.29, 0.717) is 18.1 Å². The number of aromatic amines is 1. The van der Waals surface area contributed by atoms with E-state index in [9.17, 15) is 9.59 Å². The highest BCUT2D eigenvalue weighted by molar-refractivity contribution is 5.92. The van der Waals surface area contributed by atoms with Crippen molar-refractivity contribution in [2.45, 2.75) is 32.9 Å². The molecule has 0 aliphatic heterocycles. The quantitative estimate of drug-likeness (QED) is 0.850. The average Bonchev–Trinajstić information content (AvgIpc) is 2.78. The Balaban J connectivity index is 2.26. The molecule has 0 saturated carbocycles. The average molecular weight is 291 g/mol. The number of rotatable bonds is 6. The summed E-state index contributed by atoms with van der Waals surface area (Å²) in [4.78, 5) is 27.9. The molecule has 0 aliphatic rings. The number of benzene rings is 1. The van der Waals surface area contributed by atoms with Crippen LogP contribution in [0.4, 0.5) is 0 Å². The number of carboxylic acid groups (broad SMARTS) is 1. The Morgan fingerprint density at radius 2 is 2.19 bits per heavy atom. The van der Waals surface area contributed by atoms with Crippen LogP contribution in [0.1, 0.15) is 30.6 Å². The minimum Gasteiger partial charge on any atom is -0.478 e. The Kier molecular flexibility index (Phi) is 4.47. The first-order valence-corrected chi connectivity index (χ1v) is 7.10. The standard InChI is InChI=1S/C15H21N3O3/c1-4-10(2)17(3)7-8-18-13-6-5-11(14(19)20)9-12(13)16-15(18)21/h5-6,9-10H,4,7-8H2,1-3H3,(H,16,21)(H,19,20). The lowest BCUT2D eigenvalue weighted by atomic mass is 10.2. The summed E-state index contributed by atoms with van der Waals surface area (Å²) < 4.78 is 1.65. The highest BCUT2D eigenvalue weighted by atomic mass is 16.4. The molecule has 0 bridgehead atoms. The maximum Gasteiger partial charge on any atom is 0.335 e. The van der Waals surface area contributed by atoms with E-state index in [2.05, 4.69) is 23.7 Å². The number of imidazole rings is 1. The molecule has 1 aromatic carbocycles. The van der Waals surface area contributed by atoms with Crippen LogP contribution in [-0.2, 0) is 6.54 Å². The molecule has 6 nitrogen and oxygen atoms in total. The fourth-order valence-corrected chi connectivity index (χ4v) is 2.31. The predicted molar refractivity (Wildman–Crippen MR) is 81.9 cm³/mol. The Labute approximate surface area is 123 Å².